The minimum Gasteiger partial charge on any atom is -0.311 e. The summed E-state index contributed by atoms with van der Waals surface area (Å²) in [5, 5.41) is 5.15. The zero-order valence-corrected chi connectivity index (χ0v) is 14.2. The van der Waals surface area contributed by atoms with Crippen molar-refractivity contribution in [1.29, 1.82) is 0 Å². The van der Waals surface area contributed by atoms with E-state index in [4.69, 9.17) is 23.2 Å². The minimum atomic E-state index is 0.208. The van der Waals surface area contributed by atoms with E-state index in [9.17, 15) is 0 Å². The molecule has 2 nitrogen and oxygen atoms in total. The maximum Gasteiger partial charge on any atom is 0.0520 e. The van der Waals surface area contributed by atoms with Crippen LogP contribution >= 0.6 is 23.2 Å². The topological polar surface area (TPSA) is 15.3 Å². The van der Waals surface area contributed by atoms with Crippen molar-refractivity contribution in [2.45, 2.75) is 50.1 Å². The largest absolute Gasteiger partial charge is 0.311 e. The van der Waals surface area contributed by atoms with Gasteiger partial charge in [-0.05, 0) is 69.6 Å². The zero-order chi connectivity index (χ0) is 14.9. The summed E-state index contributed by atoms with van der Waals surface area (Å²) in [4.78, 5) is 2.71. The Morgan fingerprint density at radius 2 is 1.76 bits per heavy atom. The molecule has 0 radical (unpaired) electrons. The van der Waals surface area contributed by atoms with Crippen LogP contribution < -0.4 is 5.32 Å². The molecule has 3 rings (SSSR count). The van der Waals surface area contributed by atoms with E-state index in [2.05, 4.69) is 17.3 Å². The van der Waals surface area contributed by atoms with Gasteiger partial charge in [0.25, 0.3) is 0 Å². The van der Waals surface area contributed by atoms with E-state index in [1.165, 1.54) is 51.6 Å². The van der Waals surface area contributed by atoms with Crippen LogP contribution in [0.4, 0.5) is 0 Å². The molecule has 0 amide bonds. The number of nitrogens with zero attached hydrogens (tertiary/aromatic N) is 1. The maximum atomic E-state index is 6.50. The van der Waals surface area contributed by atoms with Crippen LogP contribution in [0, 0.1) is 0 Å². The fourth-order valence-corrected chi connectivity index (χ4v) is 4.79. The van der Waals surface area contributed by atoms with Gasteiger partial charge in [-0.15, -0.1) is 0 Å². The lowest BCUT2D eigenvalue weighted by atomic mass is 9.82. The van der Waals surface area contributed by atoms with Gasteiger partial charge in [0.15, 0.2) is 0 Å². The van der Waals surface area contributed by atoms with E-state index in [0.717, 1.165) is 15.6 Å². The normalized spacial score (nSPS) is 23.6. The molecule has 116 valence electrons. The first kappa shape index (κ1) is 15.6. The number of rotatable bonds is 4. The second-order valence-corrected chi connectivity index (χ2v) is 7.24. The average Bonchev–Trinajstić information content (AvgIpc) is 3.14. The summed E-state index contributed by atoms with van der Waals surface area (Å²) in [6, 6.07) is 6.10. The molecular formula is C17H24Cl2N2. The monoisotopic (exact) mass is 326 g/mol. The Balaban J connectivity index is 2.01. The van der Waals surface area contributed by atoms with Gasteiger partial charge in [-0.25, -0.2) is 0 Å². The summed E-state index contributed by atoms with van der Waals surface area (Å²) in [7, 11) is 2.05. The van der Waals surface area contributed by atoms with Gasteiger partial charge in [0.05, 0.1) is 6.04 Å². The highest BCUT2D eigenvalue weighted by molar-refractivity contribution is 6.33. The molecule has 1 N–H and O–H groups in total. The van der Waals surface area contributed by atoms with Gasteiger partial charge >= 0.3 is 0 Å². The summed E-state index contributed by atoms with van der Waals surface area (Å²) in [6.07, 6.45) is 7.77. The molecule has 0 bridgehead atoms. The van der Waals surface area contributed by atoms with Crippen LogP contribution in [-0.2, 0) is 0 Å². The molecule has 1 aliphatic heterocycles. The minimum absolute atomic E-state index is 0.208. The van der Waals surface area contributed by atoms with Crippen LogP contribution in [0.2, 0.25) is 10.0 Å². The van der Waals surface area contributed by atoms with Gasteiger partial charge in [0, 0.05) is 15.6 Å². The number of hydrogen-bond acceptors (Lipinski definition) is 2. The standard InChI is InChI=1S/C17H24Cl2N2/c1-20-16(14-12-13(18)6-7-15(14)19)17(8-2-3-9-17)21-10-4-5-11-21/h6-7,12,16,20H,2-5,8-11H2,1H3. The Bertz CT molecular complexity index is 492. The molecule has 1 saturated heterocycles. The average molecular weight is 327 g/mol. The van der Waals surface area contributed by atoms with E-state index < -0.39 is 0 Å². The van der Waals surface area contributed by atoms with E-state index >= 15 is 0 Å². The van der Waals surface area contributed by atoms with Crippen LogP contribution in [0.15, 0.2) is 18.2 Å². The smallest absolute Gasteiger partial charge is 0.0520 e. The number of benzene rings is 1. The lowest BCUT2D eigenvalue weighted by Gasteiger charge is -2.45. The summed E-state index contributed by atoms with van der Waals surface area (Å²) < 4.78 is 0. The number of likely N-dealkylation sites (N-methyl/N-ethyl adjacent to an activating group) is 1. The van der Waals surface area contributed by atoms with Crippen LogP contribution in [-0.4, -0.2) is 30.6 Å². The van der Waals surface area contributed by atoms with Gasteiger partial charge in [0.2, 0.25) is 0 Å². The summed E-state index contributed by atoms with van der Waals surface area (Å²) in [5.74, 6) is 0. The molecule has 0 spiro atoms. The second-order valence-electron chi connectivity index (χ2n) is 6.39. The molecule has 1 heterocycles. The quantitative estimate of drug-likeness (QED) is 0.865. The Labute approximate surface area is 137 Å². The predicted octanol–water partition coefficient (Wildman–Crippen LogP) is 4.66. The first-order valence-corrected chi connectivity index (χ1v) is 8.80. The molecular weight excluding hydrogens is 303 g/mol. The highest BCUT2D eigenvalue weighted by Gasteiger charge is 2.47. The Morgan fingerprint density at radius 1 is 1.10 bits per heavy atom. The lowest BCUT2D eigenvalue weighted by molar-refractivity contribution is 0.0797. The molecule has 1 aliphatic carbocycles. The van der Waals surface area contributed by atoms with Crippen molar-refractivity contribution >= 4 is 23.2 Å². The van der Waals surface area contributed by atoms with Crippen molar-refractivity contribution in [2.24, 2.45) is 0 Å². The van der Waals surface area contributed by atoms with Gasteiger partial charge in [-0.3, -0.25) is 4.90 Å². The molecule has 4 heteroatoms. The fraction of sp³-hybridized carbons (Fsp3) is 0.647. The van der Waals surface area contributed by atoms with Gasteiger partial charge in [0.1, 0.15) is 0 Å². The van der Waals surface area contributed by atoms with Crippen molar-refractivity contribution in [1.82, 2.24) is 10.2 Å². The van der Waals surface area contributed by atoms with Crippen molar-refractivity contribution in [2.75, 3.05) is 20.1 Å². The third kappa shape index (κ3) is 2.84. The SMILES string of the molecule is CNC(c1cc(Cl)ccc1Cl)C1(N2CCCC2)CCCC1. The summed E-state index contributed by atoms with van der Waals surface area (Å²) in [6.45, 7) is 2.44. The van der Waals surface area contributed by atoms with Crippen molar-refractivity contribution < 1.29 is 0 Å². The Hall–Kier alpha value is -0.280. The number of halogens is 2. The number of hydrogen-bond donors (Lipinski definition) is 1. The van der Waals surface area contributed by atoms with Gasteiger partial charge in [-0.2, -0.15) is 0 Å². The third-order valence-corrected chi connectivity index (χ3v) is 5.88. The number of nitrogens with one attached hydrogen (secondary N) is 1. The molecule has 1 unspecified atom stereocenters. The second kappa shape index (κ2) is 6.45. The van der Waals surface area contributed by atoms with E-state index in [-0.39, 0.29) is 11.6 Å². The van der Waals surface area contributed by atoms with E-state index in [1.54, 1.807) is 0 Å². The molecule has 2 fully saturated rings. The molecule has 1 saturated carbocycles. The van der Waals surface area contributed by atoms with Crippen LogP contribution in [0.5, 0.6) is 0 Å². The highest BCUT2D eigenvalue weighted by Crippen LogP contribution is 2.47. The first-order valence-electron chi connectivity index (χ1n) is 8.05. The summed E-state index contributed by atoms with van der Waals surface area (Å²) in [5.41, 5.74) is 1.36. The number of likely N-dealkylation sites (tertiary alicyclic amines) is 1. The summed E-state index contributed by atoms with van der Waals surface area (Å²) >= 11 is 12.7. The van der Waals surface area contributed by atoms with Crippen LogP contribution in [0.3, 0.4) is 0 Å². The lowest BCUT2D eigenvalue weighted by Crippen LogP contribution is -2.53. The first-order chi connectivity index (χ1) is 10.2. The predicted molar refractivity (Wildman–Crippen MR) is 90.3 cm³/mol. The molecule has 1 atom stereocenters. The maximum absolute atomic E-state index is 6.50. The Morgan fingerprint density at radius 3 is 2.38 bits per heavy atom. The van der Waals surface area contributed by atoms with Crippen molar-refractivity contribution in [3.8, 4) is 0 Å². The molecule has 1 aromatic carbocycles. The van der Waals surface area contributed by atoms with E-state index in [1.807, 2.05) is 18.2 Å². The van der Waals surface area contributed by atoms with Crippen molar-refractivity contribution in [3.05, 3.63) is 33.8 Å². The fourth-order valence-electron chi connectivity index (χ4n) is 4.39. The highest BCUT2D eigenvalue weighted by atomic mass is 35.5. The van der Waals surface area contributed by atoms with Crippen molar-refractivity contribution in [3.63, 3.8) is 0 Å². The molecule has 0 aromatic heterocycles. The molecule has 21 heavy (non-hydrogen) atoms. The third-order valence-electron chi connectivity index (χ3n) is 5.30. The van der Waals surface area contributed by atoms with Crippen LogP contribution in [0.25, 0.3) is 0 Å². The Kier molecular flexibility index (Phi) is 4.80. The van der Waals surface area contributed by atoms with Gasteiger partial charge in [-0.1, -0.05) is 36.0 Å². The van der Waals surface area contributed by atoms with Gasteiger partial charge < -0.3 is 5.32 Å². The van der Waals surface area contributed by atoms with E-state index in [0.29, 0.717) is 0 Å². The molecule has 1 aromatic rings. The van der Waals surface area contributed by atoms with Crippen LogP contribution in [0.1, 0.15) is 50.1 Å². The zero-order valence-electron chi connectivity index (χ0n) is 12.7. The molecule has 2 aliphatic rings.